The molecule has 0 aromatic carbocycles. The number of unbranched alkanes of at least 4 members (excludes halogenated alkanes) is 1. The number of carbonyl (C=O) groups excluding carboxylic acids is 1. The van der Waals surface area contributed by atoms with E-state index in [1.807, 2.05) is 11.2 Å². The van der Waals surface area contributed by atoms with Crippen LogP contribution in [0.15, 0.2) is 18.6 Å². The molecule has 2 aromatic heterocycles. The van der Waals surface area contributed by atoms with Crippen molar-refractivity contribution in [3.63, 3.8) is 0 Å². The highest BCUT2D eigenvalue weighted by Gasteiger charge is 2.46. The molecule has 0 radical (unpaired) electrons. The van der Waals surface area contributed by atoms with Gasteiger partial charge in [-0.25, -0.2) is 4.98 Å². The molecular formula is C18H26N6O. The maximum atomic E-state index is 12.6. The van der Waals surface area contributed by atoms with Gasteiger partial charge in [-0.05, 0) is 31.9 Å². The van der Waals surface area contributed by atoms with E-state index in [1.54, 1.807) is 12.3 Å². The largest absolute Gasteiger partial charge is 0.348 e. The predicted octanol–water partition coefficient (Wildman–Crippen LogP) is 1.92. The van der Waals surface area contributed by atoms with E-state index in [4.69, 9.17) is 4.98 Å². The molecule has 4 rings (SSSR count). The fraction of sp³-hybridized carbons (Fsp3) is 0.611. The van der Waals surface area contributed by atoms with Crippen molar-refractivity contribution in [1.29, 1.82) is 0 Å². The lowest BCUT2D eigenvalue weighted by Crippen LogP contribution is -2.57. The first-order valence-corrected chi connectivity index (χ1v) is 9.31. The molecule has 2 aliphatic rings. The lowest BCUT2D eigenvalue weighted by Gasteiger charge is -2.50. The molecule has 2 N–H and O–H groups in total. The topological polar surface area (TPSA) is 80.9 Å². The monoisotopic (exact) mass is 342 g/mol. The maximum absolute atomic E-state index is 12.6. The number of rotatable bonds is 4. The summed E-state index contributed by atoms with van der Waals surface area (Å²) in [5, 5.41) is 6.68. The molecule has 0 unspecified atom stereocenters. The standard InChI is InChI=1S/C18H26N6O/c1-2-3-9-24-10-5-14-16(20-13-19-14)18(24)6-11-23(12-7-18)17(25)15-4-8-21-22-15/h4,8,13H,2-3,5-7,9-12H2,1H3,(H,19,20)(H,21,22). The van der Waals surface area contributed by atoms with E-state index < -0.39 is 0 Å². The lowest BCUT2D eigenvalue weighted by atomic mass is 9.78. The maximum Gasteiger partial charge on any atom is 0.271 e. The Labute approximate surface area is 147 Å². The molecule has 2 aliphatic heterocycles. The van der Waals surface area contributed by atoms with Gasteiger partial charge in [-0.2, -0.15) is 5.10 Å². The van der Waals surface area contributed by atoms with Gasteiger partial charge in [-0.1, -0.05) is 13.3 Å². The smallest absolute Gasteiger partial charge is 0.271 e. The zero-order valence-electron chi connectivity index (χ0n) is 14.8. The van der Waals surface area contributed by atoms with Gasteiger partial charge in [0.15, 0.2) is 0 Å². The molecular weight excluding hydrogens is 316 g/mol. The molecule has 1 amide bonds. The fourth-order valence-corrected chi connectivity index (χ4v) is 4.38. The number of carbonyl (C=O) groups is 1. The summed E-state index contributed by atoms with van der Waals surface area (Å²) in [6, 6.07) is 1.74. The molecule has 134 valence electrons. The van der Waals surface area contributed by atoms with Crippen LogP contribution in [-0.2, 0) is 12.0 Å². The summed E-state index contributed by atoms with van der Waals surface area (Å²) in [5.74, 6) is 0.0468. The summed E-state index contributed by atoms with van der Waals surface area (Å²) in [7, 11) is 0. The van der Waals surface area contributed by atoms with Crippen molar-refractivity contribution in [2.24, 2.45) is 0 Å². The molecule has 0 aliphatic carbocycles. The Bertz CT molecular complexity index is 714. The van der Waals surface area contributed by atoms with Crippen LogP contribution in [0.3, 0.4) is 0 Å². The number of H-pyrrole nitrogens is 2. The van der Waals surface area contributed by atoms with Crippen molar-refractivity contribution in [3.05, 3.63) is 35.7 Å². The van der Waals surface area contributed by atoms with Crippen LogP contribution in [-0.4, -0.2) is 62.1 Å². The summed E-state index contributed by atoms with van der Waals surface area (Å²) in [4.78, 5) is 25.2. The zero-order valence-corrected chi connectivity index (χ0v) is 14.8. The van der Waals surface area contributed by atoms with Crippen LogP contribution in [0.2, 0.25) is 0 Å². The minimum absolute atomic E-state index is 0.0203. The third kappa shape index (κ3) is 2.76. The van der Waals surface area contributed by atoms with Crippen molar-refractivity contribution < 1.29 is 4.79 Å². The second-order valence-electron chi connectivity index (χ2n) is 7.11. The van der Waals surface area contributed by atoms with E-state index in [-0.39, 0.29) is 11.4 Å². The zero-order chi connectivity index (χ0) is 17.3. The van der Waals surface area contributed by atoms with Crippen molar-refractivity contribution in [2.45, 2.75) is 44.6 Å². The fourth-order valence-electron chi connectivity index (χ4n) is 4.38. The van der Waals surface area contributed by atoms with Gasteiger partial charge in [0.05, 0.1) is 17.6 Å². The Morgan fingerprint density at radius 1 is 1.32 bits per heavy atom. The number of hydrogen-bond acceptors (Lipinski definition) is 4. The number of nitrogens with zero attached hydrogens (tertiary/aromatic N) is 4. The van der Waals surface area contributed by atoms with Crippen LogP contribution in [0.1, 0.15) is 54.5 Å². The van der Waals surface area contributed by atoms with E-state index in [0.29, 0.717) is 5.69 Å². The number of aromatic nitrogens is 4. The second kappa shape index (κ2) is 6.63. The number of aromatic amines is 2. The third-order valence-corrected chi connectivity index (χ3v) is 5.79. The molecule has 0 atom stereocenters. The van der Waals surface area contributed by atoms with Gasteiger partial charge in [-0.3, -0.25) is 14.8 Å². The number of likely N-dealkylation sites (tertiary alicyclic amines) is 1. The summed E-state index contributed by atoms with van der Waals surface area (Å²) in [6.07, 6.45) is 8.78. The van der Waals surface area contributed by atoms with Crippen molar-refractivity contribution in [2.75, 3.05) is 26.2 Å². The average molecular weight is 342 g/mol. The molecule has 7 heteroatoms. The molecule has 2 aromatic rings. The van der Waals surface area contributed by atoms with Gasteiger partial charge in [0.2, 0.25) is 0 Å². The van der Waals surface area contributed by atoms with Crippen LogP contribution >= 0.6 is 0 Å². The number of fused-ring (bicyclic) bond motifs is 2. The van der Waals surface area contributed by atoms with Crippen molar-refractivity contribution in [1.82, 2.24) is 30.0 Å². The van der Waals surface area contributed by atoms with E-state index in [9.17, 15) is 4.79 Å². The Hall–Kier alpha value is -2.15. The van der Waals surface area contributed by atoms with Gasteiger partial charge in [0.1, 0.15) is 5.69 Å². The second-order valence-corrected chi connectivity index (χ2v) is 7.11. The first-order valence-electron chi connectivity index (χ1n) is 9.31. The highest BCUT2D eigenvalue weighted by molar-refractivity contribution is 5.92. The molecule has 1 saturated heterocycles. The van der Waals surface area contributed by atoms with Gasteiger partial charge in [0.25, 0.3) is 5.91 Å². The van der Waals surface area contributed by atoms with Crippen LogP contribution in [0.4, 0.5) is 0 Å². The highest BCUT2D eigenvalue weighted by Crippen LogP contribution is 2.42. The van der Waals surface area contributed by atoms with Crippen LogP contribution in [0.25, 0.3) is 0 Å². The number of piperidine rings is 1. The molecule has 25 heavy (non-hydrogen) atoms. The van der Waals surface area contributed by atoms with E-state index >= 15 is 0 Å². The highest BCUT2D eigenvalue weighted by atomic mass is 16.2. The van der Waals surface area contributed by atoms with Crippen LogP contribution < -0.4 is 0 Å². The normalized spacial score (nSPS) is 20.0. The van der Waals surface area contributed by atoms with Crippen LogP contribution in [0.5, 0.6) is 0 Å². The van der Waals surface area contributed by atoms with E-state index in [1.165, 1.54) is 24.2 Å². The lowest BCUT2D eigenvalue weighted by molar-refractivity contribution is 0.00613. The SMILES string of the molecule is CCCCN1CCc2[nH]cnc2C12CCN(C(=O)c1ccn[nH]1)CC2. The molecule has 0 bridgehead atoms. The Morgan fingerprint density at radius 2 is 2.16 bits per heavy atom. The summed E-state index contributed by atoms with van der Waals surface area (Å²) in [6.45, 7) is 5.93. The van der Waals surface area contributed by atoms with Gasteiger partial charge < -0.3 is 9.88 Å². The average Bonchev–Trinajstić information content (AvgIpc) is 3.33. The Kier molecular flexibility index (Phi) is 4.33. The molecule has 7 nitrogen and oxygen atoms in total. The summed E-state index contributed by atoms with van der Waals surface area (Å²) < 4.78 is 0. The van der Waals surface area contributed by atoms with E-state index in [2.05, 4.69) is 27.0 Å². The Morgan fingerprint density at radius 3 is 2.88 bits per heavy atom. The molecule has 4 heterocycles. The quantitative estimate of drug-likeness (QED) is 0.889. The van der Waals surface area contributed by atoms with Crippen molar-refractivity contribution >= 4 is 5.91 Å². The molecule has 0 saturated carbocycles. The summed E-state index contributed by atoms with van der Waals surface area (Å²) in [5.41, 5.74) is 3.04. The van der Waals surface area contributed by atoms with E-state index in [0.717, 1.165) is 45.4 Å². The summed E-state index contributed by atoms with van der Waals surface area (Å²) >= 11 is 0. The van der Waals surface area contributed by atoms with Gasteiger partial charge in [-0.15, -0.1) is 0 Å². The first kappa shape index (κ1) is 16.3. The number of nitrogens with one attached hydrogen (secondary N) is 2. The van der Waals surface area contributed by atoms with Crippen molar-refractivity contribution in [3.8, 4) is 0 Å². The van der Waals surface area contributed by atoms with Gasteiger partial charge in [0, 0.05) is 37.9 Å². The number of hydrogen-bond donors (Lipinski definition) is 2. The molecule has 1 fully saturated rings. The first-order chi connectivity index (χ1) is 12.2. The number of amides is 1. The minimum Gasteiger partial charge on any atom is -0.348 e. The van der Waals surface area contributed by atoms with Crippen LogP contribution in [0, 0.1) is 0 Å². The predicted molar refractivity (Wildman–Crippen MR) is 94.2 cm³/mol. The molecule has 1 spiro atoms. The minimum atomic E-state index is -0.0203. The number of imidazole rings is 1. The third-order valence-electron chi connectivity index (χ3n) is 5.79. The Balaban J connectivity index is 1.55. The van der Waals surface area contributed by atoms with Gasteiger partial charge >= 0.3 is 0 Å².